The summed E-state index contributed by atoms with van der Waals surface area (Å²) in [5, 5.41) is 9.09. The smallest absolute Gasteiger partial charge is 0.293 e. The zero-order valence-corrected chi connectivity index (χ0v) is 9.03. The zero-order valence-electron chi connectivity index (χ0n) is 8.21. The van der Waals surface area contributed by atoms with Crippen LogP contribution in [0.3, 0.4) is 0 Å². The van der Waals surface area contributed by atoms with Crippen molar-refractivity contribution in [2.75, 3.05) is 7.11 Å². The summed E-state index contributed by atoms with van der Waals surface area (Å²) in [5.74, 6) is 0.826. The molecule has 2 aromatic rings. The molecule has 0 aliphatic carbocycles. The van der Waals surface area contributed by atoms with Gasteiger partial charge in [0.05, 0.1) is 7.11 Å². The first kappa shape index (κ1) is 9.92. The van der Waals surface area contributed by atoms with Gasteiger partial charge < -0.3 is 9.47 Å². The summed E-state index contributed by atoms with van der Waals surface area (Å²) in [4.78, 5) is 0. The molecule has 0 amide bonds. The largest absolute Gasteiger partial charge is 0.486 e. The molecule has 1 aromatic carbocycles. The Balaban J connectivity index is 1.93. The van der Waals surface area contributed by atoms with Crippen LogP contribution in [0.2, 0.25) is 0 Å². The summed E-state index contributed by atoms with van der Waals surface area (Å²) in [7, 11) is 1.57. The number of methoxy groups -OCH3 is 1. The Morgan fingerprint density at radius 2 is 2.00 bits per heavy atom. The van der Waals surface area contributed by atoms with Gasteiger partial charge in [0.15, 0.2) is 5.01 Å². The maximum Gasteiger partial charge on any atom is 0.293 e. The van der Waals surface area contributed by atoms with Gasteiger partial charge in [-0.2, -0.15) is 0 Å². The van der Waals surface area contributed by atoms with Crippen LogP contribution in [0.5, 0.6) is 10.9 Å². The number of aromatic nitrogens is 2. The fraction of sp³-hybridized carbons (Fsp3) is 0.200. The molecule has 0 radical (unpaired) electrons. The van der Waals surface area contributed by atoms with Gasteiger partial charge in [-0.1, -0.05) is 34.6 Å². The molecule has 0 spiro atoms. The van der Waals surface area contributed by atoms with Crippen LogP contribution in [0.1, 0.15) is 5.01 Å². The number of ether oxygens (including phenoxy) is 2. The molecular weight excluding hydrogens is 212 g/mol. The van der Waals surface area contributed by atoms with E-state index in [2.05, 4.69) is 10.2 Å². The summed E-state index contributed by atoms with van der Waals surface area (Å²) in [6.07, 6.45) is 0. The summed E-state index contributed by atoms with van der Waals surface area (Å²) in [5.41, 5.74) is 0. The van der Waals surface area contributed by atoms with Crippen molar-refractivity contribution in [2.24, 2.45) is 0 Å². The van der Waals surface area contributed by atoms with E-state index in [0.717, 1.165) is 10.8 Å². The van der Waals surface area contributed by atoms with Crippen molar-refractivity contribution in [3.8, 4) is 10.9 Å². The lowest BCUT2D eigenvalue weighted by Gasteiger charge is -2.01. The minimum atomic E-state index is 0.422. The highest BCUT2D eigenvalue weighted by Gasteiger charge is 2.03. The predicted octanol–water partition coefficient (Wildman–Crippen LogP) is 2.13. The van der Waals surface area contributed by atoms with Gasteiger partial charge in [0, 0.05) is 0 Å². The Kier molecular flexibility index (Phi) is 3.14. The predicted molar refractivity (Wildman–Crippen MR) is 57.2 cm³/mol. The standard InChI is InChI=1S/C10H10N2O2S/c1-13-10-12-11-9(15-10)7-14-8-5-3-2-4-6-8/h2-6H,7H2,1H3. The van der Waals surface area contributed by atoms with Gasteiger partial charge in [-0.15, -0.1) is 5.10 Å². The first-order valence-corrected chi connectivity index (χ1v) is 5.24. The highest BCUT2D eigenvalue weighted by atomic mass is 32.1. The van der Waals surface area contributed by atoms with E-state index < -0.39 is 0 Å². The SMILES string of the molecule is COc1nnc(COc2ccccc2)s1. The molecule has 0 saturated heterocycles. The number of rotatable bonds is 4. The molecule has 5 heteroatoms. The highest BCUT2D eigenvalue weighted by Crippen LogP contribution is 2.19. The third kappa shape index (κ3) is 2.66. The van der Waals surface area contributed by atoms with Crippen LogP contribution in [-0.4, -0.2) is 17.3 Å². The summed E-state index contributed by atoms with van der Waals surface area (Å²) in [6, 6.07) is 9.60. The van der Waals surface area contributed by atoms with Crippen molar-refractivity contribution in [2.45, 2.75) is 6.61 Å². The average Bonchev–Trinajstić information content (AvgIpc) is 2.76. The molecule has 78 valence electrons. The van der Waals surface area contributed by atoms with E-state index >= 15 is 0 Å². The summed E-state index contributed by atoms with van der Waals surface area (Å²) >= 11 is 1.38. The zero-order chi connectivity index (χ0) is 10.5. The first-order chi connectivity index (χ1) is 7.38. The van der Waals surface area contributed by atoms with Crippen LogP contribution < -0.4 is 9.47 Å². The van der Waals surface area contributed by atoms with E-state index in [4.69, 9.17) is 9.47 Å². The normalized spacial score (nSPS) is 9.93. The van der Waals surface area contributed by atoms with Crippen molar-refractivity contribution in [3.63, 3.8) is 0 Å². The van der Waals surface area contributed by atoms with E-state index in [1.54, 1.807) is 7.11 Å². The van der Waals surface area contributed by atoms with Crippen LogP contribution in [-0.2, 0) is 6.61 Å². The summed E-state index contributed by atoms with van der Waals surface area (Å²) < 4.78 is 10.4. The first-order valence-electron chi connectivity index (χ1n) is 4.42. The lowest BCUT2D eigenvalue weighted by Crippen LogP contribution is -1.94. The Hall–Kier alpha value is -1.62. The van der Waals surface area contributed by atoms with Gasteiger partial charge >= 0.3 is 0 Å². The Morgan fingerprint density at radius 3 is 2.67 bits per heavy atom. The minimum Gasteiger partial charge on any atom is -0.486 e. The molecule has 1 aromatic heterocycles. The van der Waals surface area contributed by atoms with Gasteiger partial charge in [-0.05, 0) is 12.1 Å². The van der Waals surface area contributed by atoms with E-state index in [9.17, 15) is 0 Å². The molecule has 0 bridgehead atoms. The maximum absolute atomic E-state index is 5.50. The van der Waals surface area contributed by atoms with Crippen molar-refractivity contribution in [1.29, 1.82) is 0 Å². The molecule has 0 N–H and O–H groups in total. The number of nitrogens with zero attached hydrogens (tertiary/aromatic N) is 2. The third-order valence-corrected chi connectivity index (χ3v) is 2.59. The van der Waals surface area contributed by atoms with Gasteiger partial charge in [-0.25, -0.2) is 0 Å². The molecule has 0 fully saturated rings. The van der Waals surface area contributed by atoms with Crippen molar-refractivity contribution < 1.29 is 9.47 Å². The molecule has 0 atom stereocenters. The second-order valence-electron chi connectivity index (χ2n) is 2.77. The second-order valence-corrected chi connectivity index (χ2v) is 3.79. The number of benzene rings is 1. The lowest BCUT2D eigenvalue weighted by molar-refractivity contribution is 0.304. The van der Waals surface area contributed by atoms with E-state index in [-0.39, 0.29) is 0 Å². The average molecular weight is 222 g/mol. The molecule has 2 rings (SSSR count). The van der Waals surface area contributed by atoms with Gasteiger partial charge in [-0.3, -0.25) is 0 Å². The maximum atomic E-state index is 5.50. The van der Waals surface area contributed by atoms with Crippen LogP contribution in [0, 0.1) is 0 Å². The third-order valence-electron chi connectivity index (χ3n) is 1.73. The lowest BCUT2D eigenvalue weighted by atomic mass is 10.3. The molecule has 0 aliphatic rings. The Bertz CT molecular complexity index is 416. The van der Waals surface area contributed by atoms with E-state index in [1.807, 2.05) is 30.3 Å². The van der Waals surface area contributed by atoms with Crippen LogP contribution in [0.25, 0.3) is 0 Å². The van der Waals surface area contributed by atoms with Gasteiger partial charge in [0.1, 0.15) is 12.4 Å². The molecule has 1 heterocycles. The summed E-state index contributed by atoms with van der Waals surface area (Å²) in [6.45, 7) is 0.422. The van der Waals surface area contributed by atoms with Crippen LogP contribution in [0.4, 0.5) is 0 Å². The van der Waals surface area contributed by atoms with E-state index in [1.165, 1.54) is 11.3 Å². The molecule has 0 aliphatic heterocycles. The fourth-order valence-corrected chi connectivity index (χ4v) is 1.61. The molecule has 15 heavy (non-hydrogen) atoms. The minimum absolute atomic E-state index is 0.422. The molecule has 0 unspecified atom stereocenters. The second kappa shape index (κ2) is 4.75. The van der Waals surface area contributed by atoms with Gasteiger partial charge in [0.25, 0.3) is 5.19 Å². The van der Waals surface area contributed by atoms with Crippen molar-refractivity contribution in [3.05, 3.63) is 35.3 Å². The Labute approximate surface area is 91.5 Å². The van der Waals surface area contributed by atoms with Crippen LogP contribution in [0.15, 0.2) is 30.3 Å². The number of para-hydroxylation sites is 1. The van der Waals surface area contributed by atoms with Crippen LogP contribution >= 0.6 is 11.3 Å². The fourth-order valence-electron chi connectivity index (χ4n) is 1.04. The number of hydrogen-bond donors (Lipinski definition) is 0. The monoisotopic (exact) mass is 222 g/mol. The topological polar surface area (TPSA) is 44.2 Å². The van der Waals surface area contributed by atoms with Crippen molar-refractivity contribution in [1.82, 2.24) is 10.2 Å². The molecule has 4 nitrogen and oxygen atoms in total. The highest BCUT2D eigenvalue weighted by molar-refractivity contribution is 7.13. The molecule has 0 saturated carbocycles. The van der Waals surface area contributed by atoms with Gasteiger partial charge in [0.2, 0.25) is 0 Å². The number of hydrogen-bond acceptors (Lipinski definition) is 5. The molecular formula is C10H10N2O2S. The quantitative estimate of drug-likeness (QED) is 0.794. The van der Waals surface area contributed by atoms with Crippen molar-refractivity contribution >= 4 is 11.3 Å². The van der Waals surface area contributed by atoms with E-state index in [0.29, 0.717) is 11.8 Å². The Morgan fingerprint density at radius 1 is 1.20 bits per heavy atom.